The lowest BCUT2D eigenvalue weighted by Gasteiger charge is -2.35. The standard InChI is InChI=1S/C18H29BrN4O4S/c1-2-3-4-5-6-17(23(25)15-24)14-28(26,27)22-11-9-21(10-12-22)18-8-7-16(19)13-20-18/h7-8,13,15,17,25H,2-6,9-12,14H2,1H3. The zero-order valence-corrected chi connectivity index (χ0v) is 18.6. The van der Waals surface area contributed by atoms with Gasteiger partial charge in [0.25, 0.3) is 0 Å². The molecule has 1 unspecified atom stereocenters. The lowest BCUT2D eigenvalue weighted by Crippen LogP contribution is -2.51. The number of piperazine rings is 1. The minimum absolute atomic E-state index is 0.259. The Kier molecular flexibility index (Phi) is 9.13. The molecule has 0 saturated carbocycles. The van der Waals surface area contributed by atoms with E-state index < -0.39 is 16.1 Å². The molecular formula is C18H29BrN4O4S. The Morgan fingerprint density at radius 2 is 1.96 bits per heavy atom. The van der Waals surface area contributed by atoms with Gasteiger partial charge in [0.15, 0.2) is 0 Å². The van der Waals surface area contributed by atoms with Gasteiger partial charge in [-0.2, -0.15) is 4.31 Å². The summed E-state index contributed by atoms with van der Waals surface area (Å²) in [6.45, 7) is 3.90. The van der Waals surface area contributed by atoms with Gasteiger partial charge in [-0.1, -0.05) is 32.6 Å². The van der Waals surface area contributed by atoms with E-state index in [1.807, 2.05) is 17.0 Å². The molecule has 0 radical (unpaired) electrons. The first-order valence-electron chi connectivity index (χ1n) is 9.64. The van der Waals surface area contributed by atoms with Gasteiger partial charge in [0.2, 0.25) is 16.4 Å². The molecule has 2 heterocycles. The molecule has 1 fully saturated rings. The van der Waals surface area contributed by atoms with Gasteiger partial charge in [0.05, 0.1) is 11.8 Å². The van der Waals surface area contributed by atoms with Crippen molar-refractivity contribution in [2.75, 3.05) is 36.8 Å². The quantitative estimate of drug-likeness (QED) is 0.228. The molecule has 1 aliphatic rings. The Hall–Kier alpha value is -1.23. The number of sulfonamides is 1. The molecule has 8 nitrogen and oxygen atoms in total. The van der Waals surface area contributed by atoms with E-state index in [0.717, 1.165) is 36.0 Å². The van der Waals surface area contributed by atoms with Gasteiger partial charge in [0.1, 0.15) is 5.82 Å². The number of halogens is 1. The van der Waals surface area contributed by atoms with Gasteiger partial charge in [-0.05, 0) is 34.5 Å². The van der Waals surface area contributed by atoms with E-state index in [-0.39, 0.29) is 12.2 Å². The third-order valence-electron chi connectivity index (χ3n) is 4.94. The smallest absolute Gasteiger partial charge is 0.233 e. The van der Waals surface area contributed by atoms with Crippen LogP contribution >= 0.6 is 15.9 Å². The van der Waals surface area contributed by atoms with Crippen LogP contribution < -0.4 is 4.90 Å². The summed E-state index contributed by atoms with van der Waals surface area (Å²) in [4.78, 5) is 17.4. The van der Waals surface area contributed by atoms with Gasteiger partial charge in [0, 0.05) is 36.8 Å². The molecule has 10 heteroatoms. The zero-order chi connectivity index (χ0) is 20.6. The van der Waals surface area contributed by atoms with Crippen LogP contribution in [-0.4, -0.2) is 72.4 Å². The summed E-state index contributed by atoms with van der Waals surface area (Å²) in [5, 5.41) is 10.3. The maximum absolute atomic E-state index is 12.8. The number of pyridine rings is 1. The van der Waals surface area contributed by atoms with Gasteiger partial charge >= 0.3 is 0 Å². The van der Waals surface area contributed by atoms with E-state index in [1.165, 1.54) is 4.31 Å². The third-order valence-corrected chi connectivity index (χ3v) is 7.37. The fraction of sp³-hybridized carbons (Fsp3) is 0.667. The Labute approximate surface area is 175 Å². The number of carbonyl (C=O) groups excluding carboxylic acids is 1. The summed E-state index contributed by atoms with van der Waals surface area (Å²) < 4.78 is 28.0. The van der Waals surface area contributed by atoms with Crippen LogP contribution in [0.2, 0.25) is 0 Å². The number of hydroxylamine groups is 2. The second kappa shape index (κ2) is 11.1. The van der Waals surface area contributed by atoms with E-state index in [2.05, 4.69) is 27.8 Å². The highest BCUT2D eigenvalue weighted by Crippen LogP contribution is 2.19. The number of unbranched alkanes of at least 4 members (excludes halogenated alkanes) is 3. The number of amides is 1. The molecule has 1 atom stereocenters. The van der Waals surface area contributed by atoms with Gasteiger partial charge in [-0.25, -0.2) is 18.5 Å². The summed E-state index contributed by atoms with van der Waals surface area (Å²) in [5.74, 6) is 0.557. The number of hydrogen-bond acceptors (Lipinski definition) is 6. The molecule has 0 aliphatic carbocycles. The zero-order valence-electron chi connectivity index (χ0n) is 16.2. The van der Waals surface area contributed by atoms with Crippen molar-refractivity contribution in [3.8, 4) is 0 Å². The lowest BCUT2D eigenvalue weighted by molar-refractivity contribution is -0.158. The van der Waals surface area contributed by atoms with E-state index in [1.54, 1.807) is 6.20 Å². The number of hydrogen-bond donors (Lipinski definition) is 1. The minimum atomic E-state index is -3.57. The Morgan fingerprint density at radius 3 is 2.54 bits per heavy atom. The number of nitrogens with zero attached hydrogens (tertiary/aromatic N) is 4. The number of rotatable bonds is 11. The van der Waals surface area contributed by atoms with Crippen molar-refractivity contribution in [1.82, 2.24) is 14.4 Å². The Morgan fingerprint density at radius 1 is 1.25 bits per heavy atom. The predicted molar refractivity (Wildman–Crippen MR) is 112 cm³/mol. The Balaban J connectivity index is 1.93. The van der Waals surface area contributed by atoms with Gasteiger partial charge in [-0.15, -0.1) is 0 Å². The summed E-state index contributed by atoms with van der Waals surface area (Å²) in [6.07, 6.45) is 6.33. The first-order valence-corrected chi connectivity index (χ1v) is 12.0. The second-order valence-electron chi connectivity index (χ2n) is 6.99. The van der Waals surface area contributed by atoms with Crippen molar-refractivity contribution >= 4 is 38.2 Å². The van der Waals surface area contributed by atoms with Crippen LogP contribution in [-0.2, 0) is 14.8 Å². The first kappa shape index (κ1) is 23.1. The largest absolute Gasteiger partial charge is 0.354 e. The predicted octanol–water partition coefficient (Wildman–Crippen LogP) is 2.48. The molecule has 1 aromatic rings. The average molecular weight is 477 g/mol. The SMILES string of the molecule is CCCCCCC(CS(=O)(=O)N1CCN(c2ccc(Br)cn2)CC1)N(O)C=O. The molecule has 158 valence electrons. The number of anilines is 1. The highest BCUT2D eigenvalue weighted by atomic mass is 79.9. The van der Waals surface area contributed by atoms with Crippen molar-refractivity contribution in [1.29, 1.82) is 0 Å². The van der Waals surface area contributed by atoms with Crippen molar-refractivity contribution in [3.05, 3.63) is 22.8 Å². The minimum Gasteiger partial charge on any atom is -0.354 e. The second-order valence-corrected chi connectivity index (χ2v) is 9.92. The average Bonchev–Trinajstić information content (AvgIpc) is 2.70. The summed E-state index contributed by atoms with van der Waals surface area (Å²) in [7, 11) is -3.57. The van der Waals surface area contributed by atoms with Crippen LogP contribution in [0.15, 0.2) is 22.8 Å². The first-order chi connectivity index (χ1) is 13.4. The highest BCUT2D eigenvalue weighted by molar-refractivity contribution is 9.10. The molecular weight excluding hydrogens is 448 g/mol. The van der Waals surface area contributed by atoms with Gasteiger partial charge < -0.3 is 4.90 Å². The van der Waals surface area contributed by atoms with Crippen LogP contribution in [0.4, 0.5) is 5.82 Å². The molecule has 1 aromatic heterocycles. The monoisotopic (exact) mass is 476 g/mol. The van der Waals surface area contributed by atoms with Crippen LogP contribution in [0.1, 0.15) is 39.0 Å². The molecule has 0 spiro atoms. The van der Waals surface area contributed by atoms with E-state index in [9.17, 15) is 18.4 Å². The van der Waals surface area contributed by atoms with Crippen LogP contribution in [0.3, 0.4) is 0 Å². The lowest BCUT2D eigenvalue weighted by atomic mass is 10.1. The van der Waals surface area contributed by atoms with E-state index in [4.69, 9.17) is 0 Å². The number of aromatic nitrogens is 1. The molecule has 0 bridgehead atoms. The molecule has 0 aromatic carbocycles. The summed E-state index contributed by atoms with van der Waals surface area (Å²) in [6, 6.07) is 3.09. The van der Waals surface area contributed by atoms with Crippen molar-refractivity contribution in [2.45, 2.75) is 45.1 Å². The topological polar surface area (TPSA) is 94.1 Å². The van der Waals surface area contributed by atoms with E-state index in [0.29, 0.717) is 37.7 Å². The molecule has 1 N–H and O–H groups in total. The van der Waals surface area contributed by atoms with Gasteiger partial charge in [-0.3, -0.25) is 10.0 Å². The molecule has 1 aliphatic heterocycles. The highest BCUT2D eigenvalue weighted by Gasteiger charge is 2.31. The van der Waals surface area contributed by atoms with Crippen LogP contribution in [0, 0.1) is 0 Å². The third kappa shape index (κ3) is 6.68. The van der Waals surface area contributed by atoms with Crippen molar-refractivity contribution < 1.29 is 18.4 Å². The number of carbonyl (C=O) groups is 1. The van der Waals surface area contributed by atoms with Crippen molar-refractivity contribution in [2.24, 2.45) is 0 Å². The molecule has 1 amide bonds. The van der Waals surface area contributed by atoms with Crippen LogP contribution in [0.5, 0.6) is 0 Å². The maximum atomic E-state index is 12.8. The fourth-order valence-corrected chi connectivity index (χ4v) is 5.25. The summed E-state index contributed by atoms with van der Waals surface area (Å²) in [5.41, 5.74) is 0. The summed E-state index contributed by atoms with van der Waals surface area (Å²) >= 11 is 3.35. The molecule has 2 rings (SSSR count). The molecule has 1 saturated heterocycles. The molecule has 28 heavy (non-hydrogen) atoms. The van der Waals surface area contributed by atoms with Crippen molar-refractivity contribution in [3.63, 3.8) is 0 Å². The van der Waals surface area contributed by atoms with E-state index >= 15 is 0 Å². The fourth-order valence-electron chi connectivity index (χ4n) is 3.28. The normalized spacial score (nSPS) is 16.8. The Bertz CT molecular complexity index is 709. The van der Waals surface area contributed by atoms with Crippen LogP contribution in [0.25, 0.3) is 0 Å². The maximum Gasteiger partial charge on any atom is 0.233 e.